The summed E-state index contributed by atoms with van der Waals surface area (Å²) in [5, 5.41) is 0. The first-order valence-corrected chi connectivity index (χ1v) is 7.16. The van der Waals surface area contributed by atoms with Crippen LogP contribution in [0, 0.1) is 5.92 Å². The summed E-state index contributed by atoms with van der Waals surface area (Å²) in [6.07, 6.45) is 10.9. The minimum Gasteiger partial charge on any atom is -0.330 e. The van der Waals surface area contributed by atoms with Gasteiger partial charge in [0.15, 0.2) is 0 Å². The molecule has 1 aromatic rings. The van der Waals surface area contributed by atoms with E-state index in [0.717, 1.165) is 18.9 Å². The van der Waals surface area contributed by atoms with Crippen LogP contribution >= 0.6 is 0 Å². The molecule has 1 heteroatoms. The Hall–Kier alpha value is -0.820. The van der Waals surface area contributed by atoms with Crippen LogP contribution in [-0.4, -0.2) is 6.54 Å². The Morgan fingerprint density at radius 1 is 0.882 bits per heavy atom. The summed E-state index contributed by atoms with van der Waals surface area (Å²) in [6, 6.07) is 9.10. The number of benzene rings is 1. The SMILES string of the molecule is NCCc1ccc(CC2CCCCCC2)cc1. The van der Waals surface area contributed by atoms with E-state index in [1.165, 1.54) is 56.1 Å². The fraction of sp³-hybridized carbons (Fsp3) is 0.625. The number of nitrogens with two attached hydrogens (primary N) is 1. The van der Waals surface area contributed by atoms with Gasteiger partial charge in [-0.1, -0.05) is 62.8 Å². The predicted molar refractivity (Wildman–Crippen MR) is 74.1 cm³/mol. The van der Waals surface area contributed by atoms with Crippen molar-refractivity contribution in [2.24, 2.45) is 11.7 Å². The molecule has 94 valence electrons. The molecule has 0 aliphatic heterocycles. The first kappa shape index (κ1) is 12.6. The Bertz CT molecular complexity index is 307. The maximum Gasteiger partial charge on any atom is -0.00367 e. The van der Waals surface area contributed by atoms with Gasteiger partial charge in [0, 0.05) is 0 Å². The predicted octanol–water partition coefficient (Wildman–Crippen LogP) is 3.70. The van der Waals surface area contributed by atoms with Crippen molar-refractivity contribution in [3.8, 4) is 0 Å². The smallest absolute Gasteiger partial charge is 0.00367 e. The Morgan fingerprint density at radius 3 is 2.06 bits per heavy atom. The molecule has 0 unspecified atom stereocenters. The van der Waals surface area contributed by atoms with Crippen LogP contribution in [0.5, 0.6) is 0 Å². The van der Waals surface area contributed by atoms with E-state index in [1.807, 2.05) is 0 Å². The minimum absolute atomic E-state index is 0.752. The van der Waals surface area contributed by atoms with Crippen LogP contribution < -0.4 is 5.73 Å². The second-order valence-electron chi connectivity index (χ2n) is 5.42. The van der Waals surface area contributed by atoms with Crippen LogP contribution in [0.1, 0.15) is 49.7 Å². The lowest BCUT2D eigenvalue weighted by molar-refractivity contribution is 0.458. The molecule has 0 aromatic heterocycles. The largest absolute Gasteiger partial charge is 0.330 e. The summed E-state index contributed by atoms with van der Waals surface area (Å²) in [6.45, 7) is 0.752. The molecule has 2 N–H and O–H groups in total. The van der Waals surface area contributed by atoms with Crippen molar-refractivity contribution >= 4 is 0 Å². The monoisotopic (exact) mass is 231 g/mol. The van der Waals surface area contributed by atoms with Crippen LogP contribution in [0.15, 0.2) is 24.3 Å². The third-order valence-corrected chi connectivity index (χ3v) is 3.96. The van der Waals surface area contributed by atoms with E-state index in [0.29, 0.717) is 0 Å². The lowest BCUT2D eigenvalue weighted by Crippen LogP contribution is -2.04. The topological polar surface area (TPSA) is 26.0 Å². The zero-order valence-electron chi connectivity index (χ0n) is 10.8. The molecule has 1 aliphatic rings. The summed E-state index contributed by atoms with van der Waals surface area (Å²) in [5.41, 5.74) is 8.45. The number of hydrogen-bond donors (Lipinski definition) is 1. The van der Waals surface area contributed by atoms with Crippen LogP contribution in [0.3, 0.4) is 0 Å². The third-order valence-electron chi connectivity index (χ3n) is 3.96. The summed E-state index contributed by atoms with van der Waals surface area (Å²) in [7, 11) is 0. The second-order valence-corrected chi connectivity index (χ2v) is 5.42. The van der Waals surface area contributed by atoms with E-state index in [-0.39, 0.29) is 0 Å². The highest BCUT2D eigenvalue weighted by Gasteiger charge is 2.12. The maximum atomic E-state index is 5.57. The second kappa shape index (κ2) is 6.80. The van der Waals surface area contributed by atoms with E-state index < -0.39 is 0 Å². The first-order valence-electron chi connectivity index (χ1n) is 7.16. The van der Waals surface area contributed by atoms with E-state index in [4.69, 9.17) is 5.73 Å². The molecule has 1 fully saturated rings. The van der Waals surface area contributed by atoms with Crippen molar-refractivity contribution in [3.63, 3.8) is 0 Å². The normalized spacial score (nSPS) is 17.9. The molecule has 1 nitrogen and oxygen atoms in total. The molecule has 0 heterocycles. The van der Waals surface area contributed by atoms with Gasteiger partial charge in [0.05, 0.1) is 0 Å². The van der Waals surface area contributed by atoms with E-state index >= 15 is 0 Å². The van der Waals surface area contributed by atoms with Crippen molar-refractivity contribution in [3.05, 3.63) is 35.4 Å². The highest BCUT2D eigenvalue weighted by atomic mass is 14.5. The quantitative estimate of drug-likeness (QED) is 0.786. The highest BCUT2D eigenvalue weighted by molar-refractivity contribution is 5.23. The molecule has 2 rings (SSSR count). The van der Waals surface area contributed by atoms with E-state index in [2.05, 4.69) is 24.3 Å². The third kappa shape index (κ3) is 4.16. The fourth-order valence-corrected chi connectivity index (χ4v) is 2.91. The zero-order chi connectivity index (χ0) is 11.9. The van der Waals surface area contributed by atoms with E-state index in [9.17, 15) is 0 Å². The molecule has 0 radical (unpaired) electrons. The van der Waals surface area contributed by atoms with Crippen LogP contribution in [0.4, 0.5) is 0 Å². The van der Waals surface area contributed by atoms with Gasteiger partial charge in [-0.05, 0) is 36.4 Å². The summed E-state index contributed by atoms with van der Waals surface area (Å²) in [4.78, 5) is 0. The van der Waals surface area contributed by atoms with E-state index in [1.54, 1.807) is 0 Å². The molecule has 17 heavy (non-hydrogen) atoms. The van der Waals surface area contributed by atoms with Crippen LogP contribution in [-0.2, 0) is 12.8 Å². The summed E-state index contributed by atoms with van der Waals surface area (Å²) in [5.74, 6) is 0.929. The molecule has 1 saturated carbocycles. The minimum atomic E-state index is 0.752. The highest BCUT2D eigenvalue weighted by Crippen LogP contribution is 2.26. The average molecular weight is 231 g/mol. The molecular weight excluding hydrogens is 206 g/mol. The molecule has 1 aliphatic carbocycles. The molecule has 0 bridgehead atoms. The van der Waals surface area contributed by atoms with Crippen molar-refractivity contribution in [1.29, 1.82) is 0 Å². The Balaban J connectivity index is 1.88. The standard InChI is InChI=1S/C16H25N/c17-12-11-14-7-9-16(10-8-14)13-15-5-3-1-2-4-6-15/h7-10,15H,1-6,11-13,17H2. The molecule has 0 saturated heterocycles. The molecule has 0 atom stereocenters. The van der Waals surface area contributed by atoms with Crippen LogP contribution in [0.2, 0.25) is 0 Å². The van der Waals surface area contributed by atoms with Gasteiger partial charge in [-0.2, -0.15) is 0 Å². The summed E-state index contributed by atoms with van der Waals surface area (Å²) >= 11 is 0. The van der Waals surface area contributed by atoms with Crippen molar-refractivity contribution < 1.29 is 0 Å². The van der Waals surface area contributed by atoms with Crippen molar-refractivity contribution in [1.82, 2.24) is 0 Å². The molecule has 0 amide bonds. The lowest BCUT2D eigenvalue weighted by atomic mass is 9.92. The van der Waals surface area contributed by atoms with Crippen molar-refractivity contribution in [2.75, 3.05) is 6.54 Å². The molecule has 1 aromatic carbocycles. The zero-order valence-corrected chi connectivity index (χ0v) is 10.8. The van der Waals surface area contributed by atoms with Gasteiger partial charge in [-0.3, -0.25) is 0 Å². The fourth-order valence-electron chi connectivity index (χ4n) is 2.91. The molecular formula is C16H25N. The van der Waals surface area contributed by atoms with Gasteiger partial charge in [-0.25, -0.2) is 0 Å². The van der Waals surface area contributed by atoms with Gasteiger partial charge in [0.1, 0.15) is 0 Å². The first-order chi connectivity index (χ1) is 8.38. The van der Waals surface area contributed by atoms with Gasteiger partial charge < -0.3 is 5.73 Å². The van der Waals surface area contributed by atoms with Gasteiger partial charge in [-0.15, -0.1) is 0 Å². The Labute approximate surface area is 105 Å². The number of hydrogen-bond acceptors (Lipinski definition) is 1. The number of rotatable bonds is 4. The van der Waals surface area contributed by atoms with Gasteiger partial charge in [0.2, 0.25) is 0 Å². The maximum absolute atomic E-state index is 5.57. The Morgan fingerprint density at radius 2 is 1.47 bits per heavy atom. The van der Waals surface area contributed by atoms with Crippen molar-refractivity contribution in [2.45, 2.75) is 51.4 Å². The summed E-state index contributed by atoms with van der Waals surface area (Å²) < 4.78 is 0. The lowest BCUT2D eigenvalue weighted by Gasteiger charge is -2.14. The molecule has 0 spiro atoms. The van der Waals surface area contributed by atoms with Gasteiger partial charge in [0.25, 0.3) is 0 Å². The average Bonchev–Trinajstić information content (AvgIpc) is 2.61. The Kier molecular flexibility index (Phi) is 5.06. The van der Waals surface area contributed by atoms with Crippen LogP contribution in [0.25, 0.3) is 0 Å². The van der Waals surface area contributed by atoms with Gasteiger partial charge >= 0.3 is 0 Å².